The number of ether oxygens (including phenoxy) is 3. The molecule has 1 aromatic heterocycles. The van der Waals surface area contributed by atoms with Crippen LogP contribution < -0.4 is 10.5 Å². The van der Waals surface area contributed by atoms with Crippen molar-refractivity contribution < 1.29 is 32.2 Å². The Hall–Kier alpha value is -3.14. The number of carbonyl (C=O) groups is 1. The van der Waals surface area contributed by atoms with Crippen molar-refractivity contribution in [3.63, 3.8) is 0 Å². The number of alkyl halides is 3. The Kier molecular flexibility index (Phi) is 4.55. The molecule has 1 saturated heterocycles. The molecule has 0 aliphatic carbocycles. The monoisotopic (exact) mass is 461 g/mol. The predicted octanol–water partition coefficient (Wildman–Crippen LogP) is 3.25. The second kappa shape index (κ2) is 6.93. The molecule has 174 valence electrons. The molecule has 3 aliphatic rings. The van der Waals surface area contributed by atoms with Crippen molar-refractivity contribution in [2.45, 2.75) is 37.6 Å². The van der Waals surface area contributed by atoms with E-state index in [4.69, 9.17) is 24.9 Å². The summed E-state index contributed by atoms with van der Waals surface area (Å²) in [6, 6.07) is 7.41. The van der Waals surface area contributed by atoms with Gasteiger partial charge in [-0.1, -0.05) is 6.07 Å². The predicted molar refractivity (Wildman–Crippen MR) is 111 cm³/mol. The largest absolute Gasteiger partial charge is 0.487 e. The van der Waals surface area contributed by atoms with E-state index in [9.17, 15) is 18.0 Å². The highest BCUT2D eigenvalue weighted by atomic mass is 19.4. The van der Waals surface area contributed by atoms with Gasteiger partial charge in [-0.05, 0) is 43.7 Å². The van der Waals surface area contributed by atoms with Gasteiger partial charge in [0.1, 0.15) is 29.2 Å². The fourth-order valence-electron chi connectivity index (χ4n) is 4.95. The molecule has 0 saturated carbocycles. The third-order valence-corrected chi connectivity index (χ3v) is 6.97. The summed E-state index contributed by atoms with van der Waals surface area (Å²) in [6.07, 6.45) is -3.63. The first-order valence-electron chi connectivity index (χ1n) is 10.4. The van der Waals surface area contributed by atoms with Crippen molar-refractivity contribution in [1.82, 2.24) is 4.98 Å². The second-order valence-electron chi connectivity index (χ2n) is 9.15. The Balaban J connectivity index is 1.49. The van der Waals surface area contributed by atoms with Gasteiger partial charge in [0, 0.05) is 23.7 Å². The quantitative estimate of drug-likeness (QED) is 0.705. The average Bonchev–Trinajstić information content (AvgIpc) is 3.08. The zero-order valence-corrected chi connectivity index (χ0v) is 18.0. The first kappa shape index (κ1) is 21.7. The van der Waals surface area contributed by atoms with Crippen LogP contribution in [0.2, 0.25) is 0 Å². The zero-order valence-electron chi connectivity index (χ0n) is 18.0. The molecule has 0 amide bonds. The highest BCUT2D eigenvalue weighted by Crippen LogP contribution is 2.62. The maximum Gasteiger partial charge on any atom is 0.433 e. The summed E-state index contributed by atoms with van der Waals surface area (Å²) in [5.41, 5.74) is 4.45. The van der Waals surface area contributed by atoms with Crippen LogP contribution >= 0.6 is 0 Å². The minimum atomic E-state index is -4.56. The molecule has 2 aromatic rings. The number of halogens is 3. The van der Waals surface area contributed by atoms with Gasteiger partial charge >= 0.3 is 6.18 Å². The molecule has 0 bridgehead atoms. The fourth-order valence-corrected chi connectivity index (χ4v) is 4.95. The summed E-state index contributed by atoms with van der Waals surface area (Å²) in [4.78, 5) is 20.8. The zero-order chi connectivity index (χ0) is 23.6. The summed E-state index contributed by atoms with van der Waals surface area (Å²) in [6.45, 7) is 5.03. The first-order chi connectivity index (χ1) is 15.5. The number of Topliss-reactive ketones (excluding diaryl/α,β-unsaturated/α-hetero) is 1. The van der Waals surface area contributed by atoms with E-state index in [0.717, 1.165) is 23.9 Å². The molecule has 4 heterocycles. The highest BCUT2D eigenvalue weighted by Gasteiger charge is 2.71. The smallest absolute Gasteiger partial charge is 0.433 e. The van der Waals surface area contributed by atoms with E-state index in [-0.39, 0.29) is 30.4 Å². The molecule has 7 nitrogen and oxygen atoms in total. The standard InChI is InChI=1S/C23H22F3N3O4/c1-20(2)21(10-31-11-21)22(12-32-19(27)29-22)15-7-13(3-5-17(15)33-20)8-16(30)14-4-6-18(28-9-14)23(24,25)26/h3-7,9H,8,10-12H2,1-2H3,(H2,27,29). The number of amidine groups is 1. The van der Waals surface area contributed by atoms with Gasteiger partial charge in [0.15, 0.2) is 5.78 Å². The van der Waals surface area contributed by atoms with Gasteiger partial charge < -0.3 is 19.9 Å². The number of hydrogen-bond donors (Lipinski definition) is 1. The van der Waals surface area contributed by atoms with E-state index in [1.54, 1.807) is 12.1 Å². The van der Waals surface area contributed by atoms with Gasteiger partial charge in [-0.3, -0.25) is 9.78 Å². The maximum atomic E-state index is 12.8. The van der Waals surface area contributed by atoms with Crippen LogP contribution in [0.1, 0.15) is 41.0 Å². The molecule has 1 aromatic carbocycles. The number of benzene rings is 1. The molecule has 5 rings (SSSR count). The SMILES string of the molecule is CC1(C)Oc2ccc(CC(=O)c3ccc(C(F)(F)F)nc3)cc2C2(COC(N)=N2)C12COC2. The van der Waals surface area contributed by atoms with Crippen LogP contribution in [0.15, 0.2) is 41.5 Å². The van der Waals surface area contributed by atoms with Crippen molar-refractivity contribution >= 4 is 11.8 Å². The second-order valence-corrected chi connectivity index (χ2v) is 9.15. The average molecular weight is 461 g/mol. The lowest BCUT2D eigenvalue weighted by atomic mass is 9.55. The summed E-state index contributed by atoms with van der Waals surface area (Å²) in [5, 5.41) is 0. The Bertz CT molecular complexity index is 1160. The Morgan fingerprint density at radius 2 is 1.91 bits per heavy atom. The van der Waals surface area contributed by atoms with Crippen LogP contribution in [0.25, 0.3) is 0 Å². The molecule has 1 unspecified atom stereocenters. The summed E-state index contributed by atoms with van der Waals surface area (Å²) in [7, 11) is 0. The van der Waals surface area contributed by atoms with Crippen molar-refractivity contribution in [1.29, 1.82) is 0 Å². The number of aromatic nitrogens is 1. The number of hydrogen-bond acceptors (Lipinski definition) is 7. The molecule has 0 radical (unpaired) electrons. The van der Waals surface area contributed by atoms with Crippen LogP contribution in [0.4, 0.5) is 13.2 Å². The van der Waals surface area contributed by atoms with Gasteiger partial charge in [-0.2, -0.15) is 13.2 Å². The van der Waals surface area contributed by atoms with Crippen LogP contribution in [0, 0.1) is 5.41 Å². The molecule has 2 N–H and O–H groups in total. The van der Waals surface area contributed by atoms with Crippen LogP contribution in [-0.2, 0) is 27.6 Å². The number of rotatable bonds is 3. The van der Waals surface area contributed by atoms with Gasteiger partial charge in [0.25, 0.3) is 6.02 Å². The topological polar surface area (TPSA) is 96.0 Å². The van der Waals surface area contributed by atoms with E-state index < -0.39 is 28.4 Å². The molecule has 1 fully saturated rings. The van der Waals surface area contributed by atoms with Crippen LogP contribution in [0.5, 0.6) is 5.75 Å². The first-order valence-corrected chi connectivity index (χ1v) is 10.4. The summed E-state index contributed by atoms with van der Waals surface area (Å²) >= 11 is 0. The minimum Gasteiger partial charge on any atom is -0.487 e. The number of fused-ring (bicyclic) bond motifs is 3. The van der Waals surface area contributed by atoms with Gasteiger partial charge in [0.2, 0.25) is 0 Å². The molecule has 33 heavy (non-hydrogen) atoms. The van der Waals surface area contributed by atoms with Crippen LogP contribution in [-0.4, -0.2) is 42.2 Å². The number of aliphatic imine (C=N–C) groups is 1. The maximum absolute atomic E-state index is 12.8. The number of nitrogens with zero attached hydrogens (tertiary/aromatic N) is 2. The molecule has 2 spiro atoms. The summed E-state index contributed by atoms with van der Waals surface area (Å²) < 4.78 is 55.8. The van der Waals surface area contributed by atoms with E-state index >= 15 is 0 Å². The lowest BCUT2D eigenvalue weighted by molar-refractivity contribution is -0.247. The number of carbonyl (C=O) groups excluding carboxylic acids is 1. The van der Waals surface area contributed by atoms with Crippen molar-refractivity contribution in [2.24, 2.45) is 16.1 Å². The number of pyridine rings is 1. The third-order valence-electron chi connectivity index (χ3n) is 6.97. The van der Waals surface area contributed by atoms with Crippen LogP contribution in [0.3, 0.4) is 0 Å². The lowest BCUT2D eigenvalue weighted by Crippen LogP contribution is -2.71. The van der Waals surface area contributed by atoms with Crippen molar-refractivity contribution in [2.75, 3.05) is 19.8 Å². The van der Waals surface area contributed by atoms with Crippen molar-refractivity contribution in [3.05, 3.63) is 58.9 Å². The van der Waals surface area contributed by atoms with E-state index in [1.807, 2.05) is 19.9 Å². The molecular formula is C23H22F3N3O4. The number of ketones is 1. The van der Waals surface area contributed by atoms with Gasteiger partial charge in [-0.25, -0.2) is 4.99 Å². The van der Waals surface area contributed by atoms with E-state index in [2.05, 4.69) is 4.98 Å². The fraction of sp³-hybridized carbons (Fsp3) is 0.435. The Morgan fingerprint density at radius 1 is 1.15 bits per heavy atom. The van der Waals surface area contributed by atoms with Gasteiger partial charge in [0.05, 0.1) is 18.6 Å². The number of nitrogens with two attached hydrogens (primary N) is 1. The van der Waals surface area contributed by atoms with Crippen molar-refractivity contribution in [3.8, 4) is 5.75 Å². The van der Waals surface area contributed by atoms with E-state index in [0.29, 0.717) is 24.5 Å². The Morgan fingerprint density at radius 3 is 2.45 bits per heavy atom. The molecular weight excluding hydrogens is 439 g/mol. The molecule has 1 atom stereocenters. The molecule has 3 aliphatic heterocycles. The highest BCUT2D eigenvalue weighted by molar-refractivity contribution is 5.97. The lowest BCUT2D eigenvalue weighted by Gasteiger charge is -2.61. The molecule has 10 heteroatoms. The summed E-state index contributed by atoms with van der Waals surface area (Å²) in [5.74, 6) is 0.265. The Labute approximate surface area is 187 Å². The third kappa shape index (κ3) is 3.11. The normalized spacial score (nSPS) is 24.5. The van der Waals surface area contributed by atoms with E-state index in [1.165, 1.54) is 0 Å². The van der Waals surface area contributed by atoms with Gasteiger partial charge in [-0.15, -0.1) is 0 Å². The minimum absolute atomic E-state index is 0.0245.